The standard InChI is InChI=1S/C16H13F3N2O3S/c17-16(18,19)10-4-2-1-3-8(10)14(23)21-15-12(13(20)22)9-5-6-24-7-11(9)25-15/h1-4H,5-7H2,(H2,20,22)(H,21,23). The molecule has 1 aromatic heterocycles. The van der Waals surface area contributed by atoms with Crippen LogP contribution in [-0.2, 0) is 23.9 Å². The van der Waals surface area contributed by atoms with Crippen LogP contribution < -0.4 is 11.1 Å². The molecular formula is C16H13F3N2O3S. The van der Waals surface area contributed by atoms with Crippen LogP contribution in [0, 0.1) is 0 Å². The van der Waals surface area contributed by atoms with E-state index in [2.05, 4.69) is 5.32 Å². The van der Waals surface area contributed by atoms with Crippen molar-refractivity contribution in [3.63, 3.8) is 0 Å². The van der Waals surface area contributed by atoms with Crippen molar-refractivity contribution < 1.29 is 27.5 Å². The smallest absolute Gasteiger partial charge is 0.376 e. The maximum absolute atomic E-state index is 13.1. The number of fused-ring (bicyclic) bond motifs is 1. The first-order chi connectivity index (χ1) is 11.8. The Labute approximate surface area is 144 Å². The number of ether oxygens (including phenoxy) is 1. The molecule has 0 bridgehead atoms. The number of nitrogens with two attached hydrogens (primary N) is 1. The first-order valence-corrected chi connectivity index (χ1v) is 8.10. The van der Waals surface area contributed by atoms with Gasteiger partial charge in [-0.2, -0.15) is 13.2 Å². The first-order valence-electron chi connectivity index (χ1n) is 7.28. The SMILES string of the molecule is NC(=O)c1c(NC(=O)c2ccccc2C(F)(F)F)sc2c1CCOC2. The number of nitrogens with one attached hydrogen (secondary N) is 1. The van der Waals surface area contributed by atoms with Gasteiger partial charge >= 0.3 is 6.18 Å². The summed E-state index contributed by atoms with van der Waals surface area (Å²) >= 11 is 1.09. The van der Waals surface area contributed by atoms with Crippen LogP contribution in [0.25, 0.3) is 0 Å². The van der Waals surface area contributed by atoms with Crippen molar-refractivity contribution in [3.05, 3.63) is 51.4 Å². The van der Waals surface area contributed by atoms with Gasteiger partial charge in [-0.1, -0.05) is 12.1 Å². The summed E-state index contributed by atoms with van der Waals surface area (Å²) < 4.78 is 44.5. The van der Waals surface area contributed by atoms with E-state index in [4.69, 9.17) is 10.5 Å². The molecule has 0 atom stereocenters. The summed E-state index contributed by atoms with van der Waals surface area (Å²) in [6, 6.07) is 4.46. The van der Waals surface area contributed by atoms with Crippen LogP contribution in [-0.4, -0.2) is 18.4 Å². The van der Waals surface area contributed by atoms with E-state index in [0.717, 1.165) is 28.3 Å². The van der Waals surface area contributed by atoms with E-state index in [9.17, 15) is 22.8 Å². The van der Waals surface area contributed by atoms with Gasteiger partial charge in [0.1, 0.15) is 5.00 Å². The normalized spacial score (nSPS) is 14.0. The largest absolute Gasteiger partial charge is 0.417 e. The molecule has 2 heterocycles. The van der Waals surface area contributed by atoms with Crippen LogP contribution in [0.1, 0.15) is 36.7 Å². The predicted molar refractivity (Wildman–Crippen MR) is 85.6 cm³/mol. The van der Waals surface area contributed by atoms with Crippen molar-refractivity contribution in [2.24, 2.45) is 5.73 Å². The second-order valence-electron chi connectivity index (χ2n) is 5.37. The van der Waals surface area contributed by atoms with Gasteiger partial charge in [0, 0.05) is 4.88 Å². The molecule has 2 aromatic rings. The van der Waals surface area contributed by atoms with Crippen LogP contribution in [0.5, 0.6) is 0 Å². The molecule has 0 unspecified atom stereocenters. The molecular weight excluding hydrogens is 357 g/mol. The van der Waals surface area contributed by atoms with Crippen molar-refractivity contribution in [1.29, 1.82) is 0 Å². The number of carbonyl (C=O) groups is 2. The van der Waals surface area contributed by atoms with Gasteiger partial charge in [0.05, 0.1) is 29.9 Å². The van der Waals surface area contributed by atoms with Crippen molar-refractivity contribution in [3.8, 4) is 0 Å². The number of carbonyl (C=O) groups excluding carboxylic acids is 2. The number of benzene rings is 1. The first kappa shape index (κ1) is 17.4. The van der Waals surface area contributed by atoms with Gasteiger partial charge in [-0.3, -0.25) is 9.59 Å². The topological polar surface area (TPSA) is 81.4 Å². The molecule has 0 spiro atoms. The number of hydrogen-bond donors (Lipinski definition) is 2. The van der Waals surface area contributed by atoms with Crippen molar-refractivity contribution in [2.75, 3.05) is 11.9 Å². The van der Waals surface area contributed by atoms with Gasteiger partial charge in [-0.05, 0) is 24.1 Å². The summed E-state index contributed by atoms with van der Waals surface area (Å²) in [4.78, 5) is 24.9. The lowest BCUT2D eigenvalue weighted by Crippen LogP contribution is -2.21. The molecule has 0 fully saturated rings. The Balaban J connectivity index is 1.98. The van der Waals surface area contributed by atoms with E-state index in [1.807, 2.05) is 0 Å². The summed E-state index contributed by atoms with van der Waals surface area (Å²) in [6.07, 6.45) is -4.21. The van der Waals surface area contributed by atoms with Gasteiger partial charge in [-0.15, -0.1) is 11.3 Å². The fourth-order valence-corrected chi connectivity index (χ4v) is 3.87. The van der Waals surface area contributed by atoms with Gasteiger partial charge in [-0.25, -0.2) is 0 Å². The molecule has 1 aliphatic rings. The fourth-order valence-electron chi connectivity index (χ4n) is 2.68. The highest BCUT2D eigenvalue weighted by Gasteiger charge is 2.35. The second kappa shape index (κ2) is 6.49. The van der Waals surface area contributed by atoms with E-state index >= 15 is 0 Å². The zero-order chi connectivity index (χ0) is 18.2. The molecule has 132 valence electrons. The molecule has 1 aromatic carbocycles. The minimum Gasteiger partial charge on any atom is -0.376 e. The fraction of sp³-hybridized carbons (Fsp3) is 0.250. The molecule has 25 heavy (non-hydrogen) atoms. The number of primary amides is 1. The Hall–Kier alpha value is -2.39. The predicted octanol–water partition coefficient (Wildman–Crippen LogP) is 3.19. The molecule has 3 N–H and O–H groups in total. The molecule has 3 rings (SSSR count). The summed E-state index contributed by atoms with van der Waals surface area (Å²) in [6.45, 7) is 0.684. The number of amides is 2. The Morgan fingerprint density at radius 1 is 1.24 bits per heavy atom. The van der Waals surface area contributed by atoms with Crippen molar-refractivity contribution in [2.45, 2.75) is 19.2 Å². The van der Waals surface area contributed by atoms with E-state index in [1.54, 1.807) is 0 Å². The van der Waals surface area contributed by atoms with E-state index in [1.165, 1.54) is 12.1 Å². The van der Waals surface area contributed by atoms with E-state index in [-0.39, 0.29) is 17.2 Å². The van der Waals surface area contributed by atoms with Gasteiger partial charge in [0.25, 0.3) is 11.8 Å². The summed E-state index contributed by atoms with van der Waals surface area (Å²) in [5.74, 6) is -1.69. The number of alkyl halides is 3. The number of anilines is 1. The lowest BCUT2D eigenvalue weighted by Gasteiger charge is -2.13. The van der Waals surface area contributed by atoms with Gasteiger partial charge in [0.2, 0.25) is 0 Å². The van der Waals surface area contributed by atoms with Crippen LogP contribution in [0.3, 0.4) is 0 Å². The molecule has 5 nitrogen and oxygen atoms in total. The van der Waals surface area contributed by atoms with Crippen LogP contribution in [0.15, 0.2) is 24.3 Å². The lowest BCUT2D eigenvalue weighted by molar-refractivity contribution is -0.137. The molecule has 0 radical (unpaired) electrons. The molecule has 9 heteroatoms. The number of rotatable bonds is 3. The lowest BCUT2D eigenvalue weighted by atomic mass is 10.0. The van der Waals surface area contributed by atoms with Gasteiger partial charge in [0.15, 0.2) is 0 Å². The van der Waals surface area contributed by atoms with Gasteiger partial charge < -0.3 is 15.8 Å². The number of hydrogen-bond acceptors (Lipinski definition) is 4. The molecule has 0 saturated heterocycles. The zero-order valence-corrected chi connectivity index (χ0v) is 13.6. The number of thiophene rings is 1. The average molecular weight is 370 g/mol. The second-order valence-corrected chi connectivity index (χ2v) is 6.48. The maximum Gasteiger partial charge on any atom is 0.417 e. The summed E-state index contributed by atoms with van der Waals surface area (Å²) in [7, 11) is 0. The average Bonchev–Trinajstić information content (AvgIpc) is 2.92. The third-order valence-electron chi connectivity index (χ3n) is 3.77. The third kappa shape index (κ3) is 3.38. The molecule has 2 amide bonds. The zero-order valence-electron chi connectivity index (χ0n) is 12.8. The Morgan fingerprint density at radius 2 is 1.96 bits per heavy atom. The van der Waals surface area contributed by atoms with Crippen molar-refractivity contribution >= 4 is 28.2 Å². The highest BCUT2D eigenvalue weighted by Crippen LogP contribution is 2.37. The number of halogens is 3. The monoisotopic (exact) mass is 370 g/mol. The van der Waals surface area contributed by atoms with Crippen LogP contribution in [0.2, 0.25) is 0 Å². The van der Waals surface area contributed by atoms with E-state index < -0.39 is 29.1 Å². The Kier molecular flexibility index (Phi) is 4.53. The molecule has 1 aliphatic heterocycles. The van der Waals surface area contributed by atoms with E-state index in [0.29, 0.717) is 18.6 Å². The van der Waals surface area contributed by atoms with Crippen LogP contribution in [0.4, 0.5) is 18.2 Å². The summed E-state index contributed by atoms with van der Waals surface area (Å²) in [5.41, 5.74) is 4.65. The summed E-state index contributed by atoms with van der Waals surface area (Å²) in [5, 5.41) is 2.54. The minimum absolute atomic E-state index is 0.140. The highest BCUT2D eigenvalue weighted by molar-refractivity contribution is 7.17. The van der Waals surface area contributed by atoms with Crippen molar-refractivity contribution in [1.82, 2.24) is 0 Å². The third-order valence-corrected chi connectivity index (χ3v) is 4.89. The minimum atomic E-state index is -4.66. The Morgan fingerprint density at radius 3 is 2.64 bits per heavy atom. The highest BCUT2D eigenvalue weighted by atomic mass is 32.1. The van der Waals surface area contributed by atoms with Crippen LogP contribution >= 0.6 is 11.3 Å². The molecule has 0 saturated carbocycles. The Bertz CT molecular complexity index is 846. The maximum atomic E-state index is 13.1. The quantitative estimate of drug-likeness (QED) is 0.871. The molecule has 0 aliphatic carbocycles.